The highest BCUT2D eigenvalue weighted by Gasteiger charge is 2.11. The molecule has 0 aliphatic rings. The third-order valence-electron chi connectivity index (χ3n) is 1.94. The van der Waals surface area contributed by atoms with E-state index in [9.17, 15) is 4.79 Å². The van der Waals surface area contributed by atoms with Crippen molar-refractivity contribution in [1.82, 2.24) is 5.32 Å². The Morgan fingerprint density at radius 2 is 1.93 bits per heavy atom. The molecule has 0 heterocycles. The second kappa shape index (κ2) is 6.83. The predicted molar refractivity (Wildman–Crippen MR) is 62.7 cm³/mol. The number of rotatable bonds is 6. The fourth-order valence-corrected chi connectivity index (χ4v) is 0.985. The molecule has 0 spiro atoms. The van der Waals surface area contributed by atoms with Crippen LogP contribution < -0.4 is 5.32 Å². The molecule has 15 heavy (non-hydrogen) atoms. The summed E-state index contributed by atoms with van der Waals surface area (Å²) in [6.07, 6.45) is 0.906. The Labute approximate surface area is 93.6 Å². The van der Waals surface area contributed by atoms with Crippen LogP contribution in [-0.2, 0) is 9.53 Å². The van der Waals surface area contributed by atoms with Gasteiger partial charge in [0.1, 0.15) is 0 Å². The SMILES string of the molecule is CC(C)CNCC(=O)OCCC(C)(C)C. The van der Waals surface area contributed by atoms with Crippen LogP contribution in [0.15, 0.2) is 0 Å². The lowest BCUT2D eigenvalue weighted by Crippen LogP contribution is -2.28. The van der Waals surface area contributed by atoms with Crippen molar-refractivity contribution in [3.05, 3.63) is 0 Å². The van der Waals surface area contributed by atoms with Gasteiger partial charge in [-0.05, 0) is 24.3 Å². The lowest BCUT2D eigenvalue weighted by molar-refractivity contribution is -0.143. The van der Waals surface area contributed by atoms with Crippen LogP contribution in [0, 0.1) is 11.3 Å². The average Bonchev–Trinajstić information content (AvgIpc) is 2.00. The van der Waals surface area contributed by atoms with Crippen molar-refractivity contribution in [2.45, 2.75) is 41.0 Å². The summed E-state index contributed by atoms with van der Waals surface area (Å²) in [5.41, 5.74) is 0.228. The number of esters is 1. The van der Waals surface area contributed by atoms with Crippen LogP contribution in [0.3, 0.4) is 0 Å². The topological polar surface area (TPSA) is 38.3 Å². The summed E-state index contributed by atoms with van der Waals surface area (Å²) < 4.78 is 5.10. The monoisotopic (exact) mass is 215 g/mol. The Balaban J connectivity index is 3.42. The van der Waals surface area contributed by atoms with Crippen molar-refractivity contribution in [3.8, 4) is 0 Å². The molecule has 0 aromatic heterocycles. The lowest BCUT2D eigenvalue weighted by atomic mass is 9.93. The molecule has 0 atom stereocenters. The van der Waals surface area contributed by atoms with Crippen LogP contribution >= 0.6 is 0 Å². The molecule has 0 bridgehead atoms. The normalized spacial score (nSPS) is 11.9. The van der Waals surface area contributed by atoms with Crippen LogP contribution in [0.4, 0.5) is 0 Å². The van der Waals surface area contributed by atoms with E-state index in [1.807, 2.05) is 0 Å². The van der Waals surface area contributed by atoms with Crippen LogP contribution in [0.5, 0.6) is 0 Å². The second-order valence-electron chi connectivity index (χ2n) is 5.56. The Morgan fingerprint density at radius 1 is 1.33 bits per heavy atom. The van der Waals surface area contributed by atoms with Crippen molar-refractivity contribution in [1.29, 1.82) is 0 Å². The first-order valence-electron chi connectivity index (χ1n) is 5.67. The minimum absolute atomic E-state index is 0.153. The van der Waals surface area contributed by atoms with Gasteiger partial charge in [0.25, 0.3) is 0 Å². The summed E-state index contributed by atoms with van der Waals surface area (Å²) >= 11 is 0. The molecule has 0 fully saturated rings. The van der Waals surface area contributed by atoms with E-state index in [4.69, 9.17) is 4.74 Å². The van der Waals surface area contributed by atoms with E-state index < -0.39 is 0 Å². The average molecular weight is 215 g/mol. The standard InChI is InChI=1S/C12H25NO2/c1-10(2)8-13-9-11(14)15-7-6-12(3,4)5/h10,13H,6-9H2,1-5H3. The molecule has 0 saturated heterocycles. The van der Waals surface area contributed by atoms with Crippen LogP contribution in [-0.4, -0.2) is 25.7 Å². The van der Waals surface area contributed by atoms with Gasteiger partial charge in [-0.2, -0.15) is 0 Å². The van der Waals surface area contributed by atoms with Gasteiger partial charge in [-0.3, -0.25) is 4.79 Å². The number of carbonyl (C=O) groups is 1. The molecule has 0 saturated carbocycles. The van der Waals surface area contributed by atoms with E-state index in [-0.39, 0.29) is 11.4 Å². The number of carbonyl (C=O) groups excluding carboxylic acids is 1. The zero-order valence-electron chi connectivity index (χ0n) is 10.7. The Kier molecular flexibility index (Phi) is 6.57. The summed E-state index contributed by atoms with van der Waals surface area (Å²) in [6, 6.07) is 0. The lowest BCUT2D eigenvalue weighted by Gasteiger charge is -2.17. The van der Waals surface area contributed by atoms with E-state index in [1.165, 1.54) is 0 Å². The van der Waals surface area contributed by atoms with Gasteiger partial charge >= 0.3 is 5.97 Å². The zero-order chi connectivity index (χ0) is 11.9. The fourth-order valence-electron chi connectivity index (χ4n) is 0.985. The molecule has 0 aromatic rings. The highest BCUT2D eigenvalue weighted by atomic mass is 16.5. The predicted octanol–water partition coefficient (Wildman–Crippen LogP) is 2.21. The molecule has 0 rings (SSSR count). The molecule has 0 amide bonds. The van der Waals surface area contributed by atoms with Crippen LogP contribution in [0.1, 0.15) is 41.0 Å². The molecule has 3 heteroatoms. The maximum atomic E-state index is 11.2. The van der Waals surface area contributed by atoms with Gasteiger partial charge in [0.15, 0.2) is 0 Å². The van der Waals surface area contributed by atoms with Crippen molar-refractivity contribution in [2.24, 2.45) is 11.3 Å². The summed E-state index contributed by atoms with van der Waals surface area (Å²) in [7, 11) is 0. The first-order valence-corrected chi connectivity index (χ1v) is 5.67. The highest BCUT2D eigenvalue weighted by molar-refractivity contribution is 5.71. The number of hydrogen-bond acceptors (Lipinski definition) is 3. The van der Waals surface area contributed by atoms with E-state index >= 15 is 0 Å². The van der Waals surface area contributed by atoms with E-state index in [0.29, 0.717) is 19.1 Å². The highest BCUT2D eigenvalue weighted by Crippen LogP contribution is 2.17. The van der Waals surface area contributed by atoms with Crippen LogP contribution in [0.25, 0.3) is 0 Å². The first kappa shape index (κ1) is 14.4. The molecule has 0 radical (unpaired) electrons. The molecule has 0 aromatic carbocycles. The molecular formula is C12H25NO2. The van der Waals surface area contributed by atoms with E-state index in [2.05, 4.69) is 39.9 Å². The fraction of sp³-hybridized carbons (Fsp3) is 0.917. The van der Waals surface area contributed by atoms with Crippen LogP contribution in [0.2, 0.25) is 0 Å². The summed E-state index contributed by atoms with van der Waals surface area (Å²) in [6.45, 7) is 12.3. The van der Waals surface area contributed by atoms with E-state index in [0.717, 1.165) is 13.0 Å². The second-order valence-corrected chi connectivity index (χ2v) is 5.56. The van der Waals surface area contributed by atoms with Crippen molar-refractivity contribution in [2.75, 3.05) is 19.7 Å². The third-order valence-corrected chi connectivity index (χ3v) is 1.94. The van der Waals surface area contributed by atoms with Crippen molar-refractivity contribution in [3.63, 3.8) is 0 Å². The Bertz CT molecular complexity index is 183. The largest absolute Gasteiger partial charge is 0.465 e. The summed E-state index contributed by atoms with van der Waals surface area (Å²) in [5, 5.41) is 3.06. The van der Waals surface area contributed by atoms with Gasteiger partial charge in [0.05, 0.1) is 13.2 Å². The summed E-state index contributed by atoms with van der Waals surface area (Å²) in [5.74, 6) is 0.410. The maximum absolute atomic E-state index is 11.2. The van der Waals surface area contributed by atoms with Crippen molar-refractivity contribution < 1.29 is 9.53 Å². The smallest absolute Gasteiger partial charge is 0.319 e. The molecule has 3 nitrogen and oxygen atoms in total. The number of ether oxygens (including phenoxy) is 1. The van der Waals surface area contributed by atoms with Gasteiger partial charge in [-0.1, -0.05) is 34.6 Å². The van der Waals surface area contributed by atoms with Gasteiger partial charge in [-0.25, -0.2) is 0 Å². The Morgan fingerprint density at radius 3 is 2.40 bits per heavy atom. The van der Waals surface area contributed by atoms with Gasteiger partial charge in [0.2, 0.25) is 0 Å². The molecule has 90 valence electrons. The third kappa shape index (κ3) is 11.4. The van der Waals surface area contributed by atoms with Gasteiger partial charge in [0, 0.05) is 0 Å². The summed E-state index contributed by atoms with van der Waals surface area (Å²) in [4.78, 5) is 11.2. The number of hydrogen-bond donors (Lipinski definition) is 1. The molecular weight excluding hydrogens is 190 g/mol. The van der Waals surface area contributed by atoms with Crippen molar-refractivity contribution >= 4 is 5.97 Å². The molecule has 0 unspecified atom stereocenters. The number of nitrogens with one attached hydrogen (secondary N) is 1. The zero-order valence-corrected chi connectivity index (χ0v) is 10.7. The first-order chi connectivity index (χ1) is 6.81. The van der Waals surface area contributed by atoms with E-state index in [1.54, 1.807) is 0 Å². The molecule has 0 aliphatic heterocycles. The Hall–Kier alpha value is -0.570. The quantitative estimate of drug-likeness (QED) is 0.690. The van der Waals surface area contributed by atoms with Gasteiger partial charge in [-0.15, -0.1) is 0 Å². The van der Waals surface area contributed by atoms with Gasteiger partial charge < -0.3 is 10.1 Å². The molecule has 0 aliphatic carbocycles. The maximum Gasteiger partial charge on any atom is 0.319 e. The minimum atomic E-state index is -0.153. The molecule has 1 N–H and O–H groups in total. The minimum Gasteiger partial charge on any atom is -0.465 e.